The number of aromatic nitrogens is 1. The quantitative estimate of drug-likeness (QED) is 0.646. The molecule has 1 aliphatic carbocycles. The zero-order valence-corrected chi connectivity index (χ0v) is 20.7. The largest absolute Gasteiger partial charge is 0.350 e. The molecule has 0 bridgehead atoms. The van der Waals surface area contributed by atoms with Gasteiger partial charge in [0.25, 0.3) is 0 Å². The van der Waals surface area contributed by atoms with Crippen LogP contribution < -0.4 is 10.6 Å². The molecular weight excluding hydrogens is 436 g/mol. The topological polar surface area (TPSA) is 91.4 Å². The Bertz CT molecular complexity index is 968. The second-order valence-electron chi connectivity index (χ2n) is 8.39. The Labute approximate surface area is 200 Å². The van der Waals surface area contributed by atoms with Crippen molar-refractivity contribution in [1.82, 2.24) is 20.5 Å². The molecule has 7 nitrogen and oxygen atoms in total. The second-order valence-corrected chi connectivity index (χ2v) is 9.24. The maximum atomic E-state index is 13.1. The fourth-order valence-corrected chi connectivity index (χ4v) is 4.98. The third kappa shape index (κ3) is 6.19. The highest BCUT2D eigenvalue weighted by Crippen LogP contribution is 2.34. The Hall–Kier alpha value is -2.74. The van der Waals surface area contributed by atoms with Crippen LogP contribution in [0.3, 0.4) is 0 Å². The molecule has 8 heteroatoms. The Morgan fingerprint density at radius 1 is 1.15 bits per heavy atom. The predicted octanol–water partition coefficient (Wildman–Crippen LogP) is 3.67. The van der Waals surface area contributed by atoms with Gasteiger partial charge in [-0.3, -0.25) is 14.4 Å². The van der Waals surface area contributed by atoms with Crippen LogP contribution in [-0.2, 0) is 20.9 Å². The first-order valence-electron chi connectivity index (χ1n) is 11.8. The Morgan fingerprint density at radius 2 is 1.85 bits per heavy atom. The highest BCUT2D eigenvalue weighted by Gasteiger charge is 2.43. The number of thiazole rings is 1. The van der Waals surface area contributed by atoms with Crippen LogP contribution in [0.1, 0.15) is 57.7 Å². The van der Waals surface area contributed by atoms with Crippen LogP contribution in [0.4, 0.5) is 0 Å². The maximum Gasteiger partial charge on any atom is 0.246 e. The number of carbonyl (C=O) groups excluding carboxylic acids is 3. The first-order valence-corrected chi connectivity index (χ1v) is 12.7. The molecule has 2 N–H and O–H groups in total. The molecule has 0 spiro atoms. The summed E-state index contributed by atoms with van der Waals surface area (Å²) in [5.74, 6) is -0.269. The van der Waals surface area contributed by atoms with Crippen LogP contribution in [-0.4, -0.2) is 46.2 Å². The monoisotopic (exact) mass is 470 g/mol. The van der Waals surface area contributed by atoms with E-state index in [-0.39, 0.29) is 23.6 Å². The predicted molar refractivity (Wildman–Crippen MR) is 131 cm³/mol. The van der Waals surface area contributed by atoms with E-state index in [4.69, 9.17) is 0 Å². The van der Waals surface area contributed by atoms with Gasteiger partial charge in [0.15, 0.2) is 0 Å². The lowest BCUT2D eigenvalue weighted by molar-refractivity contribution is -0.141. The van der Waals surface area contributed by atoms with Gasteiger partial charge < -0.3 is 15.5 Å². The molecule has 2 heterocycles. The summed E-state index contributed by atoms with van der Waals surface area (Å²) >= 11 is 1.61. The van der Waals surface area contributed by atoms with Crippen molar-refractivity contribution in [2.75, 3.05) is 6.54 Å². The Kier molecular flexibility index (Phi) is 8.61. The fraction of sp³-hybridized carbons (Fsp3) is 0.520. The van der Waals surface area contributed by atoms with E-state index in [0.717, 1.165) is 41.0 Å². The molecule has 1 saturated heterocycles. The summed E-state index contributed by atoms with van der Waals surface area (Å²) in [6.07, 6.45) is 3.33. The molecule has 2 aromatic rings. The van der Waals surface area contributed by atoms with Gasteiger partial charge in [0.1, 0.15) is 12.1 Å². The number of hydrogen-bond donors (Lipinski definition) is 2. The number of aryl methyl sites for hydroxylation is 1. The van der Waals surface area contributed by atoms with Crippen molar-refractivity contribution >= 4 is 29.1 Å². The summed E-state index contributed by atoms with van der Waals surface area (Å²) in [4.78, 5) is 44.6. The second kappa shape index (κ2) is 11.4. The molecule has 1 aliphatic heterocycles. The number of likely N-dealkylation sites (tertiary alicyclic amines) is 1. The van der Waals surface area contributed by atoms with Crippen LogP contribution in [0.5, 0.6) is 0 Å². The smallest absolute Gasteiger partial charge is 0.246 e. The zero-order chi connectivity index (χ0) is 24.0. The lowest BCUT2D eigenvalue weighted by atomic mass is 10.1. The summed E-state index contributed by atoms with van der Waals surface area (Å²) < 4.78 is 0. The van der Waals surface area contributed by atoms with Crippen molar-refractivity contribution < 1.29 is 14.4 Å². The highest BCUT2D eigenvalue weighted by molar-refractivity contribution is 7.13. The van der Waals surface area contributed by atoms with E-state index < -0.39 is 12.1 Å². The first-order chi connectivity index (χ1) is 15.9. The zero-order valence-electron chi connectivity index (χ0n) is 19.9. The van der Waals surface area contributed by atoms with Crippen molar-refractivity contribution in [3.63, 3.8) is 0 Å². The van der Waals surface area contributed by atoms with Crippen molar-refractivity contribution in [2.24, 2.45) is 5.92 Å². The number of amides is 3. The van der Waals surface area contributed by atoms with Gasteiger partial charge in [0.2, 0.25) is 17.7 Å². The third-order valence-corrected chi connectivity index (χ3v) is 6.96. The summed E-state index contributed by atoms with van der Waals surface area (Å²) in [6, 6.07) is 7.12. The van der Waals surface area contributed by atoms with Gasteiger partial charge in [-0.05, 0) is 49.7 Å². The van der Waals surface area contributed by atoms with E-state index in [2.05, 4.69) is 15.6 Å². The average molecular weight is 471 g/mol. The summed E-state index contributed by atoms with van der Waals surface area (Å²) in [7, 11) is 0. The number of carbonyl (C=O) groups is 3. The number of benzene rings is 1. The molecule has 33 heavy (non-hydrogen) atoms. The molecule has 178 valence electrons. The van der Waals surface area contributed by atoms with E-state index in [9.17, 15) is 14.4 Å². The van der Waals surface area contributed by atoms with E-state index in [1.54, 1.807) is 16.2 Å². The van der Waals surface area contributed by atoms with Gasteiger partial charge in [-0.15, -0.1) is 11.3 Å². The summed E-state index contributed by atoms with van der Waals surface area (Å²) in [6.45, 7) is 8.40. The van der Waals surface area contributed by atoms with Crippen molar-refractivity contribution in [2.45, 2.75) is 72.0 Å². The van der Waals surface area contributed by atoms with Gasteiger partial charge in [-0.25, -0.2) is 4.98 Å². The molecular formula is C25H34N4O3S. The molecule has 3 amide bonds. The van der Waals surface area contributed by atoms with Gasteiger partial charge in [-0.2, -0.15) is 0 Å². The molecule has 1 saturated carbocycles. The third-order valence-electron chi connectivity index (χ3n) is 5.99. The molecule has 0 radical (unpaired) electrons. The van der Waals surface area contributed by atoms with Gasteiger partial charge in [0.05, 0.1) is 16.1 Å². The lowest BCUT2D eigenvalue weighted by Gasteiger charge is -2.28. The number of nitrogens with zero attached hydrogens (tertiary/aromatic N) is 2. The van der Waals surface area contributed by atoms with Crippen LogP contribution in [0.2, 0.25) is 0 Å². The minimum atomic E-state index is -0.506. The molecule has 2 unspecified atom stereocenters. The van der Waals surface area contributed by atoms with E-state index >= 15 is 0 Å². The highest BCUT2D eigenvalue weighted by atomic mass is 32.1. The average Bonchev–Trinajstić information content (AvgIpc) is 3.38. The standard InChI is InChI=1S/C23H28N4O3S.C2H6/c1-14-21(31-13-25-14)18-7-5-16(6-8-18)12-24-22(29)19-4-3-11-27(19)23(30)20(17-9-10-17)26-15(2)28;1-2/h5-8,13,17,19-20H,3-4,9-12H2,1-2H3,(H,24,29)(H,26,28);1-2H3. The van der Waals surface area contributed by atoms with Crippen molar-refractivity contribution in [3.05, 3.63) is 41.0 Å². The van der Waals surface area contributed by atoms with Crippen LogP contribution in [0.25, 0.3) is 10.4 Å². The molecule has 1 aromatic carbocycles. The lowest BCUT2D eigenvalue weighted by Crippen LogP contribution is -2.54. The number of hydrogen-bond acceptors (Lipinski definition) is 5. The van der Waals surface area contributed by atoms with E-state index in [1.165, 1.54) is 6.92 Å². The van der Waals surface area contributed by atoms with Crippen molar-refractivity contribution in [1.29, 1.82) is 0 Å². The number of nitrogens with one attached hydrogen (secondary N) is 2. The Morgan fingerprint density at radius 3 is 2.42 bits per heavy atom. The minimum Gasteiger partial charge on any atom is -0.350 e. The van der Waals surface area contributed by atoms with Crippen LogP contribution in [0, 0.1) is 12.8 Å². The van der Waals surface area contributed by atoms with Crippen LogP contribution >= 0.6 is 11.3 Å². The minimum absolute atomic E-state index is 0.125. The van der Waals surface area contributed by atoms with E-state index in [0.29, 0.717) is 19.5 Å². The van der Waals surface area contributed by atoms with Crippen LogP contribution in [0.15, 0.2) is 29.8 Å². The molecule has 4 rings (SSSR count). The first kappa shape index (κ1) is 24.9. The normalized spacial score (nSPS) is 18.2. The molecule has 2 aliphatic rings. The molecule has 1 aromatic heterocycles. The fourth-order valence-electron chi connectivity index (χ4n) is 4.17. The number of rotatable bonds is 7. The van der Waals surface area contributed by atoms with Gasteiger partial charge in [-0.1, -0.05) is 38.1 Å². The van der Waals surface area contributed by atoms with Gasteiger partial charge in [0, 0.05) is 20.0 Å². The van der Waals surface area contributed by atoms with Gasteiger partial charge >= 0.3 is 0 Å². The molecule has 2 fully saturated rings. The Balaban J connectivity index is 0.00000149. The van der Waals surface area contributed by atoms with E-state index in [1.807, 2.05) is 50.5 Å². The summed E-state index contributed by atoms with van der Waals surface area (Å²) in [5.41, 5.74) is 4.98. The maximum absolute atomic E-state index is 13.1. The molecule has 2 atom stereocenters. The van der Waals surface area contributed by atoms with Crippen molar-refractivity contribution in [3.8, 4) is 10.4 Å². The SMILES string of the molecule is CC.CC(=O)NC(C(=O)N1CCCC1C(=O)NCc1ccc(-c2scnc2C)cc1)C1CC1. The summed E-state index contributed by atoms with van der Waals surface area (Å²) in [5, 5.41) is 5.78.